The minimum Gasteiger partial charge on any atom is -0.320 e. The number of hydrogen-bond donors (Lipinski definition) is 1. The van der Waals surface area contributed by atoms with Crippen molar-refractivity contribution in [1.29, 1.82) is 0 Å². The van der Waals surface area contributed by atoms with Crippen LogP contribution in [0.25, 0.3) is 0 Å². The van der Waals surface area contributed by atoms with Gasteiger partial charge in [-0.3, -0.25) is 0 Å². The van der Waals surface area contributed by atoms with Crippen molar-refractivity contribution < 1.29 is 4.11 Å². The van der Waals surface area contributed by atoms with E-state index < -0.39 is 6.98 Å². The van der Waals surface area contributed by atoms with Crippen molar-refractivity contribution in [2.45, 2.75) is 19.8 Å². The lowest BCUT2D eigenvalue weighted by Gasteiger charge is -1.89. The van der Waals surface area contributed by atoms with E-state index in [1.54, 1.807) is 0 Å². The van der Waals surface area contributed by atoms with E-state index in [4.69, 9.17) is 4.11 Å². The van der Waals surface area contributed by atoms with Crippen LogP contribution >= 0.6 is 0 Å². The third-order valence-corrected chi connectivity index (χ3v) is 0.655. The maximum Gasteiger partial charge on any atom is 0.0391 e. The fraction of sp³-hybridized carbons (Fsp3) is 1.00. The van der Waals surface area contributed by atoms with E-state index in [-0.39, 0.29) is 0 Å². The first kappa shape index (κ1) is 2.31. The second-order valence-electron chi connectivity index (χ2n) is 1.28. The van der Waals surface area contributed by atoms with Crippen LogP contribution in [0.15, 0.2) is 0 Å². The standard InChI is InChI=1S/C5H13N/c1-3-4-5-6-2/h6H,3-5H2,1-2H3/i2D3. The number of rotatable bonds is 3. The summed E-state index contributed by atoms with van der Waals surface area (Å²) in [5, 5.41) is 2.42. The molecule has 38 valence electrons. The highest BCUT2D eigenvalue weighted by Gasteiger charge is 1.73. The third-order valence-electron chi connectivity index (χ3n) is 0.655. The predicted molar refractivity (Wildman–Crippen MR) is 28.8 cm³/mol. The molecular weight excluding hydrogens is 74.1 g/mol. The van der Waals surface area contributed by atoms with Gasteiger partial charge in [0.05, 0.1) is 0 Å². The van der Waals surface area contributed by atoms with Crippen LogP contribution < -0.4 is 5.32 Å². The van der Waals surface area contributed by atoms with Gasteiger partial charge in [0.15, 0.2) is 0 Å². The predicted octanol–water partition coefficient (Wildman–Crippen LogP) is 1.01. The van der Waals surface area contributed by atoms with Crippen molar-refractivity contribution in [2.75, 3.05) is 13.5 Å². The lowest BCUT2D eigenvalue weighted by atomic mass is 10.3. The minimum absolute atomic E-state index is 0.590. The van der Waals surface area contributed by atoms with Gasteiger partial charge in [-0.2, -0.15) is 0 Å². The molecule has 0 aliphatic rings. The second-order valence-corrected chi connectivity index (χ2v) is 1.28. The molecule has 0 heterocycles. The van der Waals surface area contributed by atoms with Gasteiger partial charge in [-0.1, -0.05) is 13.3 Å². The molecule has 0 atom stereocenters. The monoisotopic (exact) mass is 90.1 g/mol. The van der Waals surface area contributed by atoms with Gasteiger partial charge in [0, 0.05) is 4.11 Å². The molecule has 0 aromatic heterocycles. The van der Waals surface area contributed by atoms with Crippen LogP contribution in [0.3, 0.4) is 0 Å². The Hall–Kier alpha value is -0.0400. The number of nitrogens with one attached hydrogen (secondary N) is 1. The fourth-order valence-corrected chi connectivity index (χ4v) is 0.265. The van der Waals surface area contributed by atoms with Crippen LogP contribution in [0, 0.1) is 0 Å². The van der Waals surface area contributed by atoms with E-state index in [2.05, 4.69) is 5.32 Å². The summed E-state index contributed by atoms with van der Waals surface area (Å²) >= 11 is 0. The van der Waals surface area contributed by atoms with Gasteiger partial charge >= 0.3 is 0 Å². The zero-order valence-electron chi connectivity index (χ0n) is 7.12. The summed E-state index contributed by atoms with van der Waals surface area (Å²) < 4.78 is 20.2. The SMILES string of the molecule is [2H]C([2H])([2H])NCCCC. The molecule has 1 nitrogen and oxygen atoms in total. The molecule has 0 rings (SSSR count). The quantitative estimate of drug-likeness (QED) is 0.510. The van der Waals surface area contributed by atoms with Crippen molar-refractivity contribution >= 4 is 0 Å². The zero-order valence-corrected chi connectivity index (χ0v) is 4.12. The summed E-state index contributed by atoms with van der Waals surface area (Å²) in [5.41, 5.74) is 0. The Morgan fingerprint density at radius 2 is 2.67 bits per heavy atom. The first-order chi connectivity index (χ1) is 4.06. The molecular formula is C5H13N. The van der Waals surface area contributed by atoms with Crippen LogP contribution in [0.2, 0.25) is 0 Å². The summed E-state index contributed by atoms with van der Waals surface area (Å²) in [4.78, 5) is 0. The first-order valence-corrected chi connectivity index (χ1v) is 2.31. The lowest BCUT2D eigenvalue weighted by molar-refractivity contribution is 0.711. The summed E-state index contributed by atoms with van der Waals surface area (Å²) in [5.74, 6) is 0. The molecule has 0 saturated carbocycles. The van der Waals surface area contributed by atoms with Crippen molar-refractivity contribution in [3.05, 3.63) is 0 Å². The first-order valence-electron chi connectivity index (χ1n) is 3.81. The fourth-order valence-electron chi connectivity index (χ4n) is 0.265. The third kappa shape index (κ3) is 3.96. The van der Waals surface area contributed by atoms with E-state index in [9.17, 15) is 0 Å². The van der Waals surface area contributed by atoms with Crippen molar-refractivity contribution in [3.8, 4) is 0 Å². The highest BCUT2D eigenvalue weighted by Crippen LogP contribution is 1.79. The molecule has 1 N–H and O–H groups in total. The molecule has 0 bridgehead atoms. The van der Waals surface area contributed by atoms with E-state index >= 15 is 0 Å². The van der Waals surface area contributed by atoms with Crippen molar-refractivity contribution in [2.24, 2.45) is 0 Å². The van der Waals surface area contributed by atoms with E-state index in [0.717, 1.165) is 12.8 Å². The summed E-state index contributed by atoms with van der Waals surface area (Å²) in [6.07, 6.45) is 1.96. The van der Waals surface area contributed by atoms with Crippen molar-refractivity contribution in [3.63, 3.8) is 0 Å². The summed E-state index contributed by atoms with van der Waals surface area (Å²) in [7, 11) is 0. The van der Waals surface area contributed by atoms with Gasteiger partial charge in [-0.25, -0.2) is 0 Å². The smallest absolute Gasteiger partial charge is 0.0391 e. The van der Waals surface area contributed by atoms with E-state index in [1.165, 1.54) is 0 Å². The molecule has 0 radical (unpaired) electrons. The molecule has 0 unspecified atom stereocenters. The van der Waals surface area contributed by atoms with Gasteiger partial charge in [0.2, 0.25) is 0 Å². The Labute approximate surface area is 44.0 Å². The van der Waals surface area contributed by atoms with Crippen LogP contribution in [-0.4, -0.2) is 13.5 Å². The number of hydrogen-bond acceptors (Lipinski definition) is 1. The molecule has 0 aromatic rings. The zero-order chi connectivity index (χ0) is 7.33. The Morgan fingerprint density at radius 3 is 3.17 bits per heavy atom. The Kier molecular flexibility index (Phi) is 1.91. The second kappa shape index (κ2) is 4.96. The Balaban J connectivity index is 3.07. The molecule has 0 aromatic carbocycles. The van der Waals surface area contributed by atoms with E-state index in [1.807, 2.05) is 6.92 Å². The van der Waals surface area contributed by atoms with E-state index in [0.29, 0.717) is 6.54 Å². The topological polar surface area (TPSA) is 12.0 Å². The van der Waals surface area contributed by atoms with Crippen LogP contribution in [0.4, 0.5) is 0 Å². The van der Waals surface area contributed by atoms with Gasteiger partial charge in [0.1, 0.15) is 0 Å². The maximum absolute atomic E-state index is 6.73. The molecule has 0 aliphatic heterocycles. The molecule has 0 fully saturated rings. The highest BCUT2D eigenvalue weighted by atomic mass is 14.8. The average Bonchev–Trinajstić information content (AvgIpc) is 1.63. The van der Waals surface area contributed by atoms with Crippen LogP contribution in [0.1, 0.15) is 23.9 Å². The largest absolute Gasteiger partial charge is 0.320 e. The maximum atomic E-state index is 6.73. The molecule has 1 heteroatoms. The minimum atomic E-state index is -1.95. The molecule has 6 heavy (non-hydrogen) atoms. The van der Waals surface area contributed by atoms with Crippen molar-refractivity contribution in [1.82, 2.24) is 5.32 Å². The Morgan fingerprint density at radius 1 is 1.83 bits per heavy atom. The number of unbranched alkanes of at least 4 members (excludes halogenated alkanes) is 1. The average molecular weight is 90.2 g/mol. The van der Waals surface area contributed by atoms with Gasteiger partial charge in [0.25, 0.3) is 0 Å². The van der Waals surface area contributed by atoms with Gasteiger partial charge in [-0.15, -0.1) is 0 Å². The molecule has 0 spiro atoms. The highest BCUT2D eigenvalue weighted by molar-refractivity contribution is 4.34. The normalized spacial score (nSPS) is 18.5. The van der Waals surface area contributed by atoms with Crippen LogP contribution in [-0.2, 0) is 0 Å². The lowest BCUT2D eigenvalue weighted by Crippen LogP contribution is -2.06. The summed E-state index contributed by atoms with van der Waals surface area (Å²) in [6, 6.07) is 0. The molecule has 0 saturated heterocycles. The Bertz CT molecular complexity index is 69.1. The van der Waals surface area contributed by atoms with Gasteiger partial charge < -0.3 is 5.32 Å². The van der Waals surface area contributed by atoms with Gasteiger partial charge in [-0.05, 0) is 19.9 Å². The summed E-state index contributed by atoms with van der Waals surface area (Å²) in [6.45, 7) is 0.670. The molecule has 0 aliphatic carbocycles. The molecule has 0 amide bonds. The van der Waals surface area contributed by atoms with Crippen LogP contribution in [0.5, 0.6) is 0 Å².